The lowest BCUT2D eigenvalue weighted by Gasteiger charge is -2.57. The van der Waals surface area contributed by atoms with Crippen LogP contribution in [-0.4, -0.2) is 39.3 Å². The first-order valence-electron chi connectivity index (χ1n) is 6.32. The standard InChI is InChI=1S/C13H17N3O/c1-2-10-12(17-5-4-15-10)11(3-1)16-8-13(9-16)6-14-7-13/h1-3,14-15H,4-9H2. The maximum absolute atomic E-state index is 5.81. The topological polar surface area (TPSA) is 36.5 Å². The number of hydrogen-bond acceptors (Lipinski definition) is 4. The second-order valence-electron chi connectivity index (χ2n) is 5.39. The molecule has 2 fully saturated rings. The molecule has 1 spiro atoms. The van der Waals surface area contributed by atoms with Crippen molar-refractivity contribution in [1.29, 1.82) is 0 Å². The normalized spacial score (nSPS) is 24.1. The third-order valence-corrected chi connectivity index (χ3v) is 4.05. The first kappa shape index (κ1) is 9.59. The lowest BCUT2D eigenvalue weighted by atomic mass is 9.74. The van der Waals surface area contributed by atoms with Crippen molar-refractivity contribution in [1.82, 2.24) is 5.32 Å². The molecule has 17 heavy (non-hydrogen) atoms. The van der Waals surface area contributed by atoms with Gasteiger partial charge in [0.05, 0.1) is 11.4 Å². The quantitative estimate of drug-likeness (QED) is 0.753. The van der Waals surface area contributed by atoms with Crippen molar-refractivity contribution in [3.05, 3.63) is 18.2 Å². The second kappa shape index (κ2) is 3.29. The summed E-state index contributed by atoms with van der Waals surface area (Å²) in [6.07, 6.45) is 0. The number of ether oxygens (including phenoxy) is 1. The molecule has 4 heteroatoms. The minimum atomic E-state index is 0.560. The van der Waals surface area contributed by atoms with Crippen LogP contribution in [0.1, 0.15) is 0 Å². The summed E-state index contributed by atoms with van der Waals surface area (Å²) in [6.45, 7) is 6.36. The van der Waals surface area contributed by atoms with Gasteiger partial charge >= 0.3 is 0 Å². The molecule has 0 aliphatic carbocycles. The molecule has 3 aliphatic rings. The fraction of sp³-hybridized carbons (Fsp3) is 0.538. The van der Waals surface area contributed by atoms with Crippen LogP contribution in [0, 0.1) is 5.41 Å². The van der Waals surface area contributed by atoms with Gasteiger partial charge in [0.25, 0.3) is 0 Å². The summed E-state index contributed by atoms with van der Waals surface area (Å²) in [5, 5.41) is 6.76. The van der Waals surface area contributed by atoms with Gasteiger partial charge in [0.15, 0.2) is 5.75 Å². The van der Waals surface area contributed by atoms with E-state index < -0.39 is 0 Å². The molecule has 2 saturated heterocycles. The van der Waals surface area contributed by atoms with Gasteiger partial charge in [-0.25, -0.2) is 0 Å². The molecular formula is C13H17N3O. The van der Waals surface area contributed by atoms with E-state index in [4.69, 9.17) is 4.74 Å². The highest BCUT2D eigenvalue weighted by atomic mass is 16.5. The first-order valence-corrected chi connectivity index (χ1v) is 6.32. The smallest absolute Gasteiger partial charge is 0.165 e. The molecule has 4 nitrogen and oxygen atoms in total. The van der Waals surface area contributed by atoms with Gasteiger partial charge in [0, 0.05) is 38.1 Å². The number of fused-ring (bicyclic) bond motifs is 1. The lowest BCUT2D eigenvalue weighted by Crippen LogP contribution is -2.71. The second-order valence-corrected chi connectivity index (χ2v) is 5.39. The molecule has 0 aromatic heterocycles. The molecule has 4 rings (SSSR count). The minimum absolute atomic E-state index is 0.560. The monoisotopic (exact) mass is 231 g/mol. The zero-order chi connectivity index (χ0) is 11.3. The molecular weight excluding hydrogens is 214 g/mol. The maximum Gasteiger partial charge on any atom is 0.165 e. The van der Waals surface area contributed by atoms with Crippen LogP contribution in [0.15, 0.2) is 18.2 Å². The summed E-state index contributed by atoms with van der Waals surface area (Å²) in [7, 11) is 0. The highest BCUT2D eigenvalue weighted by Gasteiger charge is 2.48. The van der Waals surface area contributed by atoms with E-state index in [0.29, 0.717) is 5.41 Å². The van der Waals surface area contributed by atoms with Crippen LogP contribution < -0.4 is 20.3 Å². The van der Waals surface area contributed by atoms with Crippen LogP contribution in [0.3, 0.4) is 0 Å². The Hall–Kier alpha value is -1.42. The van der Waals surface area contributed by atoms with Gasteiger partial charge in [0.2, 0.25) is 0 Å². The summed E-state index contributed by atoms with van der Waals surface area (Å²) >= 11 is 0. The zero-order valence-electron chi connectivity index (χ0n) is 9.83. The number of benzene rings is 1. The number of rotatable bonds is 1. The van der Waals surface area contributed by atoms with Gasteiger partial charge in [-0.05, 0) is 12.1 Å². The van der Waals surface area contributed by atoms with Crippen LogP contribution >= 0.6 is 0 Å². The van der Waals surface area contributed by atoms with Gasteiger partial charge in [0.1, 0.15) is 6.61 Å². The SMILES string of the molecule is c1cc2c(c(N3CC4(CNC4)C3)c1)OCCN2. The Morgan fingerprint density at radius 2 is 2.12 bits per heavy atom. The van der Waals surface area contributed by atoms with E-state index in [-0.39, 0.29) is 0 Å². The number of nitrogens with one attached hydrogen (secondary N) is 2. The molecule has 0 saturated carbocycles. The summed E-state index contributed by atoms with van der Waals surface area (Å²) in [4.78, 5) is 2.44. The van der Waals surface area contributed by atoms with E-state index in [9.17, 15) is 0 Å². The Balaban J connectivity index is 1.61. The maximum atomic E-state index is 5.81. The molecule has 0 amide bonds. The Kier molecular flexibility index (Phi) is 1.86. The van der Waals surface area contributed by atoms with E-state index in [1.165, 1.54) is 31.9 Å². The van der Waals surface area contributed by atoms with Crippen molar-refractivity contribution in [3.8, 4) is 5.75 Å². The number of para-hydroxylation sites is 1. The molecule has 1 aromatic carbocycles. The van der Waals surface area contributed by atoms with Crippen LogP contribution in [0.2, 0.25) is 0 Å². The molecule has 90 valence electrons. The van der Waals surface area contributed by atoms with Gasteiger partial charge < -0.3 is 20.3 Å². The summed E-state index contributed by atoms with van der Waals surface area (Å²) in [6, 6.07) is 6.38. The summed E-state index contributed by atoms with van der Waals surface area (Å²) in [5.41, 5.74) is 2.96. The fourth-order valence-electron chi connectivity index (χ4n) is 3.04. The lowest BCUT2D eigenvalue weighted by molar-refractivity contribution is 0.120. The van der Waals surface area contributed by atoms with E-state index in [1.54, 1.807) is 0 Å². The zero-order valence-corrected chi connectivity index (χ0v) is 9.83. The largest absolute Gasteiger partial charge is 0.487 e. The van der Waals surface area contributed by atoms with Gasteiger partial charge in [-0.15, -0.1) is 0 Å². The minimum Gasteiger partial charge on any atom is -0.487 e. The molecule has 3 aliphatic heterocycles. The predicted molar refractivity (Wildman–Crippen MR) is 67.9 cm³/mol. The number of nitrogens with zero attached hydrogens (tertiary/aromatic N) is 1. The van der Waals surface area contributed by atoms with Crippen molar-refractivity contribution in [2.45, 2.75) is 0 Å². The van der Waals surface area contributed by atoms with E-state index in [0.717, 1.165) is 24.6 Å². The van der Waals surface area contributed by atoms with Gasteiger partial charge in [-0.3, -0.25) is 0 Å². The van der Waals surface area contributed by atoms with Gasteiger partial charge in [-0.1, -0.05) is 6.07 Å². The van der Waals surface area contributed by atoms with Crippen molar-refractivity contribution < 1.29 is 4.74 Å². The third-order valence-electron chi connectivity index (χ3n) is 4.05. The average Bonchev–Trinajstić information content (AvgIpc) is 2.26. The van der Waals surface area contributed by atoms with E-state index in [2.05, 4.69) is 33.7 Å². The van der Waals surface area contributed by atoms with E-state index >= 15 is 0 Å². The summed E-state index contributed by atoms with van der Waals surface area (Å²) in [5.74, 6) is 1.04. The molecule has 1 aromatic rings. The van der Waals surface area contributed by atoms with Crippen LogP contribution in [0.25, 0.3) is 0 Å². The number of hydrogen-bond donors (Lipinski definition) is 2. The Bertz CT molecular complexity index is 448. The van der Waals surface area contributed by atoms with Crippen LogP contribution in [0.4, 0.5) is 11.4 Å². The summed E-state index contributed by atoms with van der Waals surface area (Å²) < 4.78 is 5.81. The molecule has 0 radical (unpaired) electrons. The Morgan fingerprint density at radius 1 is 1.24 bits per heavy atom. The predicted octanol–water partition coefficient (Wildman–Crippen LogP) is 0.900. The number of anilines is 2. The molecule has 0 unspecified atom stereocenters. The Labute approximate surface area is 101 Å². The molecule has 3 heterocycles. The molecule has 0 bridgehead atoms. The van der Waals surface area contributed by atoms with Crippen molar-refractivity contribution in [3.63, 3.8) is 0 Å². The average molecular weight is 231 g/mol. The van der Waals surface area contributed by atoms with Gasteiger partial charge in [-0.2, -0.15) is 0 Å². The van der Waals surface area contributed by atoms with Crippen molar-refractivity contribution in [2.24, 2.45) is 5.41 Å². The third kappa shape index (κ3) is 1.33. The van der Waals surface area contributed by atoms with Crippen molar-refractivity contribution in [2.75, 3.05) is 49.5 Å². The van der Waals surface area contributed by atoms with Crippen molar-refractivity contribution >= 4 is 11.4 Å². The Morgan fingerprint density at radius 3 is 2.88 bits per heavy atom. The van der Waals surface area contributed by atoms with Crippen LogP contribution in [0.5, 0.6) is 5.75 Å². The van der Waals surface area contributed by atoms with E-state index in [1.807, 2.05) is 0 Å². The van der Waals surface area contributed by atoms with Crippen LogP contribution in [-0.2, 0) is 0 Å². The highest BCUT2D eigenvalue weighted by Crippen LogP contribution is 2.44. The highest BCUT2D eigenvalue weighted by molar-refractivity contribution is 5.74. The first-order chi connectivity index (χ1) is 8.36. The fourth-order valence-corrected chi connectivity index (χ4v) is 3.04. The molecule has 2 N–H and O–H groups in total. The molecule has 0 atom stereocenters.